The van der Waals surface area contributed by atoms with Gasteiger partial charge in [-0.2, -0.15) is 5.10 Å². The van der Waals surface area contributed by atoms with E-state index in [0.29, 0.717) is 11.4 Å². The van der Waals surface area contributed by atoms with Crippen molar-refractivity contribution in [2.75, 3.05) is 11.9 Å². The number of hydrogen-bond acceptors (Lipinski definition) is 4. The smallest absolute Gasteiger partial charge is 0.257 e. The van der Waals surface area contributed by atoms with Crippen molar-refractivity contribution < 1.29 is 4.79 Å². The number of anilines is 1. The number of nitrogens with zero attached hydrogens (tertiary/aromatic N) is 2. The van der Waals surface area contributed by atoms with Crippen LogP contribution in [0.3, 0.4) is 0 Å². The fraction of sp³-hybridized carbons (Fsp3) is 0.133. The first kappa shape index (κ1) is 13.7. The first-order chi connectivity index (χ1) is 9.72. The Labute approximate surface area is 117 Å². The van der Waals surface area contributed by atoms with E-state index in [1.54, 1.807) is 30.5 Å². The summed E-state index contributed by atoms with van der Waals surface area (Å²) in [5.74, 6) is 5.91. The molecule has 20 heavy (non-hydrogen) atoms. The van der Waals surface area contributed by atoms with Crippen LogP contribution in [0.1, 0.15) is 21.5 Å². The standard InChI is InChI=1S/C15H14N4O/c1-11-12(6-3-9-16)5-2-7-13(11)15(20)18-14-8-4-10-17-19-14/h2,4-5,7-8,10H,9,16H2,1H3,(H,18,19,20). The molecule has 0 spiro atoms. The van der Waals surface area contributed by atoms with Crippen molar-refractivity contribution in [1.82, 2.24) is 10.2 Å². The van der Waals surface area contributed by atoms with E-state index in [9.17, 15) is 4.79 Å². The Balaban J connectivity index is 2.26. The minimum Gasteiger partial charge on any atom is -0.320 e. The molecule has 0 fully saturated rings. The molecule has 1 heterocycles. The lowest BCUT2D eigenvalue weighted by Crippen LogP contribution is -2.15. The molecule has 0 aliphatic heterocycles. The van der Waals surface area contributed by atoms with Crippen LogP contribution >= 0.6 is 0 Å². The summed E-state index contributed by atoms with van der Waals surface area (Å²) in [5.41, 5.74) is 7.52. The Kier molecular flexibility index (Phi) is 4.43. The van der Waals surface area contributed by atoms with Gasteiger partial charge in [0.25, 0.3) is 5.91 Å². The summed E-state index contributed by atoms with van der Waals surface area (Å²) in [6, 6.07) is 8.78. The quantitative estimate of drug-likeness (QED) is 0.804. The van der Waals surface area contributed by atoms with Crippen LogP contribution in [0.15, 0.2) is 36.5 Å². The molecule has 1 amide bonds. The Bertz CT molecular complexity index is 671. The molecule has 0 saturated carbocycles. The highest BCUT2D eigenvalue weighted by Crippen LogP contribution is 2.14. The second kappa shape index (κ2) is 6.45. The van der Waals surface area contributed by atoms with Crippen molar-refractivity contribution in [1.29, 1.82) is 0 Å². The minimum atomic E-state index is -0.237. The SMILES string of the molecule is Cc1c(C#CCN)cccc1C(=O)Nc1cccnn1. The van der Waals surface area contributed by atoms with Crippen LogP contribution in [-0.4, -0.2) is 22.6 Å². The molecular weight excluding hydrogens is 252 g/mol. The summed E-state index contributed by atoms with van der Waals surface area (Å²) >= 11 is 0. The summed E-state index contributed by atoms with van der Waals surface area (Å²) in [5, 5.41) is 10.2. The molecule has 0 unspecified atom stereocenters. The van der Waals surface area contributed by atoms with Gasteiger partial charge >= 0.3 is 0 Å². The zero-order valence-corrected chi connectivity index (χ0v) is 11.1. The van der Waals surface area contributed by atoms with E-state index in [4.69, 9.17) is 5.73 Å². The van der Waals surface area contributed by atoms with Gasteiger partial charge in [0.15, 0.2) is 5.82 Å². The van der Waals surface area contributed by atoms with Gasteiger partial charge in [-0.15, -0.1) is 5.10 Å². The number of nitrogens with two attached hydrogens (primary N) is 1. The molecule has 2 aromatic rings. The molecule has 2 rings (SSSR count). The molecule has 0 radical (unpaired) electrons. The van der Waals surface area contributed by atoms with Crippen LogP contribution in [0.5, 0.6) is 0 Å². The van der Waals surface area contributed by atoms with Gasteiger partial charge in [-0.05, 0) is 36.8 Å². The van der Waals surface area contributed by atoms with Crippen molar-refractivity contribution in [3.8, 4) is 11.8 Å². The second-order valence-corrected chi connectivity index (χ2v) is 4.05. The van der Waals surface area contributed by atoms with Gasteiger partial charge in [0.05, 0.1) is 6.54 Å². The van der Waals surface area contributed by atoms with Gasteiger partial charge in [-0.25, -0.2) is 0 Å². The molecule has 5 heteroatoms. The molecule has 0 aliphatic rings. The van der Waals surface area contributed by atoms with E-state index in [1.165, 1.54) is 0 Å². The number of aromatic nitrogens is 2. The van der Waals surface area contributed by atoms with Gasteiger partial charge in [0.1, 0.15) is 0 Å². The zero-order valence-electron chi connectivity index (χ0n) is 11.1. The van der Waals surface area contributed by atoms with Crippen molar-refractivity contribution in [2.45, 2.75) is 6.92 Å². The molecular formula is C15H14N4O. The highest BCUT2D eigenvalue weighted by molar-refractivity contribution is 6.05. The van der Waals surface area contributed by atoms with Crippen LogP contribution in [0, 0.1) is 18.8 Å². The van der Waals surface area contributed by atoms with Crippen LogP contribution in [0.4, 0.5) is 5.82 Å². The molecule has 0 bridgehead atoms. The number of amides is 1. The topological polar surface area (TPSA) is 80.9 Å². The van der Waals surface area contributed by atoms with Gasteiger partial charge < -0.3 is 11.1 Å². The Morgan fingerprint density at radius 2 is 2.20 bits per heavy atom. The van der Waals surface area contributed by atoms with Crippen molar-refractivity contribution >= 4 is 11.7 Å². The highest BCUT2D eigenvalue weighted by atomic mass is 16.1. The van der Waals surface area contributed by atoms with Crippen molar-refractivity contribution in [2.24, 2.45) is 5.73 Å². The number of rotatable bonds is 2. The fourth-order valence-electron chi connectivity index (χ4n) is 1.72. The summed E-state index contributed by atoms with van der Waals surface area (Å²) in [7, 11) is 0. The van der Waals surface area contributed by atoms with Gasteiger partial charge in [0, 0.05) is 17.3 Å². The van der Waals surface area contributed by atoms with E-state index in [-0.39, 0.29) is 12.5 Å². The van der Waals surface area contributed by atoms with Crippen LogP contribution in [0.2, 0.25) is 0 Å². The Morgan fingerprint density at radius 3 is 2.90 bits per heavy atom. The number of carbonyl (C=O) groups excluding carboxylic acids is 1. The normalized spacial score (nSPS) is 9.50. The molecule has 5 nitrogen and oxygen atoms in total. The van der Waals surface area contributed by atoms with Crippen LogP contribution < -0.4 is 11.1 Å². The van der Waals surface area contributed by atoms with E-state index in [0.717, 1.165) is 11.1 Å². The third kappa shape index (κ3) is 3.19. The number of benzene rings is 1. The Hall–Kier alpha value is -2.71. The van der Waals surface area contributed by atoms with Crippen LogP contribution in [-0.2, 0) is 0 Å². The van der Waals surface area contributed by atoms with E-state index < -0.39 is 0 Å². The molecule has 0 aliphatic carbocycles. The van der Waals surface area contributed by atoms with Crippen LogP contribution in [0.25, 0.3) is 0 Å². The summed E-state index contributed by atoms with van der Waals surface area (Å²) < 4.78 is 0. The lowest BCUT2D eigenvalue weighted by atomic mass is 10.0. The third-order valence-corrected chi connectivity index (χ3v) is 2.72. The average molecular weight is 266 g/mol. The maximum Gasteiger partial charge on any atom is 0.257 e. The monoisotopic (exact) mass is 266 g/mol. The minimum absolute atomic E-state index is 0.237. The molecule has 0 atom stereocenters. The van der Waals surface area contributed by atoms with E-state index >= 15 is 0 Å². The molecule has 3 N–H and O–H groups in total. The second-order valence-electron chi connectivity index (χ2n) is 4.05. The molecule has 100 valence electrons. The summed E-state index contributed by atoms with van der Waals surface area (Å²) in [6.07, 6.45) is 1.55. The predicted octanol–water partition coefficient (Wildman–Crippen LogP) is 1.35. The number of nitrogens with one attached hydrogen (secondary N) is 1. The highest BCUT2D eigenvalue weighted by Gasteiger charge is 2.11. The molecule has 1 aromatic carbocycles. The van der Waals surface area contributed by atoms with Gasteiger partial charge in [0.2, 0.25) is 0 Å². The lowest BCUT2D eigenvalue weighted by Gasteiger charge is -2.08. The largest absolute Gasteiger partial charge is 0.320 e. The van der Waals surface area contributed by atoms with Gasteiger partial charge in [-0.1, -0.05) is 17.9 Å². The summed E-state index contributed by atoms with van der Waals surface area (Å²) in [4.78, 5) is 12.2. The fourth-order valence-corrected chi connectivity index (χ4v) is 1.72. The predicted molar refractivity (Wildman–Crippen MR) is 77.1 cm³/mol. The zero-order chi connectivity index (χ0) is 14.4. The maximum atomic E-state index is 12.2. The molecule has 1 aromatic heterocycles. The third-order valence-electron chi connectivity index (χ3n) is 2.72. The maximum absolute atomic E-state index is 12.2. The average Bonchev–Trinajstić information content (AvgIpc) is 2.47. The van der Waals surface area contributed by atoms with Gasteiger partial charge in [-0.3, -0.25) is 4.79 Å². The first-order valence-corrected chi connectivity index (χ1v) is 6.10. The number of hydrogen-bond donors (Lipinski definition) is 2. The van der Waals surface area contributed by atoms with Crippen molar-refractivity contribution in [3.05, 3.63) is 53.2 Å². The lowest BCUT2D eigenvalue weighted by molar-refractivity contribution is 0.102. The van der Waals surface area contributed by atoms with E-state index in [1.807, 2.05) is 13.0 Å². The van der Waals surface area contributed by atoms with E-state index in [2.05, 4.69) is 27.4 Å². The van der Waals surface area contributed by atoms with Crippen molar-refractivity contribution in [3.63, 3.8) is 0 Å². The first-order valence-electron chi connectivity index (χ1n) is 6.10. The summed E-state index contributed by atoms with van der Waals surface area (Å²) in [6.45, 7) is 2.14. The molecule has 0 saturated heterocycles. The number of carbonyl (C=O) groups is 1. The Morgan fingerprint density at radius 1 is 1.35 bits per heavy atom.